The maximum atomic E-state index is 16.7. The molecule has 3 unspecified atom stereocenters. The van der Waals surface area contributed by atoms with Gasteiger partial charge in [-0.2, -0.15) is 0 Å². The number of hydrogen-bond acceptors (Lipinski definition) is 14. The number of alkyl halides is 1. The van der Waals surface area contributed by atoms with Crippen LogP contribution in [0.4, 0.5) is 10.1 Å². The molecule has 6 bridgehead atoms. The zero-order valence-electron chi connectivity index (χ0n) is 45.3. The molecule has 4 fully saturated rings. The Morgan fingerprint density at radius 2 is 1.84 bits per heavy atom. The lowest BCUT2D eigenvalue weighted by Crippen LogP contribution is -2.58. The Hall–Kier alpha value is -4.91. The Morgan fingerprint density at radius 1 is 1.09 bits per heavy atom. The number of likely N-dealkylation sites (tertiary alicyclic amines) is 1. The number of carbonyl (C=O) groups excluding carboxylic acids is 5. The molecular weight excluding hydrogens is 998 g/mol. The van der Waals surface area contributed by atoms with Gasteiger partial charge in [-0.25, -0.2) is 4.39 Å². The van der Waals surface area contributed by atoms with E-state index >= 15 is 9.18 Å². The molecule has 4 amide bonds. The number of piperidine rings is 1. The molecule has 6 aliphatic rings. The number of morpholine rings is 1. The number of hydrazine groups is 1. The molecule has 1 aromatic carbocycles. The van der Waals surface area contributed by atoms with Crippen molar-refractivity contribution in [1.82, 2.24) is 38.4 Å². The number of fused-ring (bicyclic) bond motifs is 6. The lowest BCUT2D eigenvalue weighted by molar-refractivity contribution is -0.154. The molecule has 0 radical (unpaired) electrons. The highest BCUT2D eigenvalue weighted by Crippen LogP contribution is 2.57. The van der Waals surface area contributed by atoms with E-state index in [1.807, 2.05) is 49.5 Å². The van der Waals surface area contributed by atoms with Crippen LogP contribution in [0.1, 0.15) is 104 Å². The molecule has 9 rings (SSSR count). The predicted molar refractivity (Wildman–Crippen MR) is 288 cm³/mol. The Labute approximate surface area is 449 Å². The quantitative estimate of drug-likeness (QED) is 0.108. The molecule has 4 saturated heterocycles. The van der Waals surface area contributed by atoms with Gasteiger partial charge in [0.2, 0.25) is 0 Å². The molecular formula is C55H74FN9O8S2. The van der Waals surface area contributed by atoms with Crippen molar-refractivity contribution in [3.63, 3.8) is 0 Å². The number of methoxy groups -OCH3 is 1. The summed E-state index contributed by atoms with van der Waals surface area (Å²) in [4.78, 5) is 82.7. The van der Waals surface area contributed by atoms with Gasteiger partial charge in [-0.05, 0) is 126 Å². The Kier molecular flexibility index (Phi) is 15.7. The molecule has 0 spiro atoms. The van der Waals surface area contributed by atoms with Gasteiger partial charge in [0.1, 0.15) is 22.8 Å². The molecule has 406 valence electrons. The van der Waals surface area contributed by atoms with Crippen LogP contribution in [0.15, 0.2) is 36.5 Å². The molecule has 8 atom stereocenters. The first kappa shape index (κ1) is 54.9. The molecule has 75 heavy (non-hydrogen) atoms. The largest absolute Gasteiger partial charge is 0.465 e. The van der Waals surface area contributed by atoms with Crippen LogP contribution >= 0.6 is 23.9 Å². The minimum atomic E-state index is -2.30. The number of halogens is 1. The van der Waals surface area contributed by atoms with E-state index in [1.165, 1.54) is 28.8 Å². The number of rotatable bonds is 9. The van der Waals surface area contributed by atoms with Crippen LogP contribution in [-0.4, -0.2) is 171 Å². The van der Waals surface area contributed by atoms with Gasteiger partial charge in [0.25, 0.3) is 23.6 Å². The van der Waals surface area contributed by atoms with Crippen molar-refractivity contribution >= 4 is 70.1 Å². The van der Waals surface area contributed by atoms with Crippen molar-refractivity contribution < 1.29 is 42.6 Å². The van der Waals surface area contributed by atoms with Crippen molar-refractivity contribution in [1.29, 1.82) is 0 Å². The number of esters is 1. The number of likely N-dealkylation sites (N-methyl/N-ethyl adjacent to an activating group) is 1. The minimum absolute atomic E-state index is 0.00275. The number of nitrogens with zero attached hydrogens (tertiary/aromatic N) is 8. The first-order valence-electron chi connectivity index (χ1n) is 26.5. The Balaban J connectivity index is 0.987. The summed E-state index contributed by atoms with van der Waals surface area (Å²) in [5.74, 6) is 2.16. The number of anilines is 1. The second kappa shape index (κ2) is 21.5. The second-order valence-corrected chi connectivity index (χ2v) is 24.8. The summed E-state index contributed by atoms with van der Waals surface area (Å²) in [6.07, 6.45) is 1.82. The van der Waals surface area contributed by atoms with Gasteiger partial charge in [-0.3, -0.25) is 43.6 Å². The maximum Gasteiger partial charge on any atom is 0.311 e. The third-order valence-corrected chi connectivity index (χ3v) is 18.7. The molecule has 0 saturated carbocycles. The summed E-state index contributed by atoms with van der Waals surface area (Å²) in [7, 11) is 6.91. The zero-order valence-corrected chi connectivity index (χ0v) is 46.9. The summed E-state index contributed by atoms with van der Waals surface area (Å²) < 4.78 is 43.2. The molecule has 1 N–H and O–H groups in total. The summed E-state index contributed by atoms with van der Waals surface area (Å²) in [5.41, 5.74) is 2.71. The predicted octanol–water partition coefficient (Wildman–Crippen LogP) is 6.42. The van der Waals surface area contributed by atoms with Crippen molar-refractivity contribution in [2.75, 3.05) is 79.1 Å². The van der Waals surface area contributed by atoms with Gasteiger partial charge in [-0.15, -0.1) is 4.41 Å². The normalized spacial score (nSPS) is 26.7. The Morgan fingerprint density at radius 3 is 2.53 bits per heavy atom. The fraction of sp³-hybridized carbons (Fsp3) is 0.636. The van der Waals surface area contributed by atoms with Crippen LogP contribution in [0.25, 0.3) is 22.2 Å². The average molecular weight is 1070 g/mol. The fourth-order valence-electron chi connectivity index (χ4n) is 11.7. The van der Waals surface area contributed by atoms with Crippen LogP contribution in [0.5, 0.6) is 0 Å². The lowest BCUT2D eigenvalue weighted by atomic mass is 9.67. The smallest absolute Gasteiger partial charge is 0.311 e. The van der Waals surface area contributed by atoms with Crippen molar-refractivity contribution in [3.05, 3.63) is 47.8 Å². The average Bonchev–Trinajstić information content (AvgIpc) is 4.17. The van der Waals surface area contributed by atoms with Crippen LogP contribution in [-0.2, 0) is 44.7 Å². The van der Waals surface area contributed by atoms with Gasteiger partial charge < -0.3 is 33.5 Å². The van der Waals surface area contributed by atoms with E-state index in [-0.39, 0.29) is 62.1 Å². The highest BCUT2D eigenvalue weighted by Gasteiger charge is 2.55. The zero-order chi connectivity index (χ0) is 53.9. The number of aromatic nitrogens is 2. The molecule has 5 aliphatic heterocycles. The molecule has 17 nitrogen and oxygen atoms in total. The number of aryl methyl sites for hydroxylation is 1. The highest BCUT2D eigenvalue weighted by molar-refractivity contribution is 8.03. The van der Waals surface area contributed by atoms with E-state index < -0.39 is 69.7 Å². The van der Waals surface area contributed by atoms with Gasteiger partial charge in [-0.1, -0.05) is 33.6 Å². The van der Waals surface area contributed by atoms with E-state index in [0.717, 1.165) is 51.1 Å². The number of cyclic esters (lactones) is 1. The van der Waals surface area contributed by atoms with Crippen LogP contribution in [0.3, 0.4) is 0 Å². The van der Waals surface area contributed by atoms with Crippen molar-refractivity contribution in [3.8, 4) is 23.1 Å². The van der Waals surface area contributed by atoms with Crippen LogP contribution in [0, 0.1) is 29.1 Å². The number of hydrogen-bond donors (Lipinski definition) is 1. The molecule has 20 heteroatoms. The number of nitrogens with one attached hydrogen (secondary N) is 1. The van der Waals surface area contributed by atoms with E-state index in [4.69, 9.17) is 19.2 Å². The summed E-state index contributed by atoms with van der Waals surface area (Å²) in [6.45, 7) is 16.5. The van der Waals surface area contributed by atoms with E-state index in [2.05, 4.69) is 71.1 Å². The molecule has 1 aliphatic carbocycles. The third-order valence-electron chi connectivity index (χ3n) is 16.5. The number of carbonyl (C=O) groups is 5. The summed E-state index contributed by atoms with van der Waals surface area (Å²) in [6, 6.07) is 9.58. The minimum Gasteiger partial charge on any atom is -0.465 e. The first-order chi connectivity index (χ1) is 35.6. The number of amides is 4. The van der Waals surface area contributed by atoms with Crippen LogP contribution < -0.4 is 9.62 Å². The number of benzene rings is 1. The molecule has 7 heterocycles. The van der Waals surface area contributed by atoms with E-state index in [0.29, 0.717) is 45.6 Å². The maximum absolute atomic E-state index is 16.7. The standard InChI is InChI=1S/C55H74FN9O8S2/c1-12-63-39-18-17-34-29-38(39)42-43(47(71-11)44-36(46(42)63)15-13-23-57-44)53(4,5)32-73-51(69)37-16-14-24-64(65-50(37)75-65)49(68)40(30-35-31-62(34)27-28-72-35)74-58-48(67)45(33(2)3)60(10)52(70)55(56)21-25-61(26-22-55)41(66)19-20-54(6,7)59(8)9/h13,15,17-18,23,29,33,35,37,40,43,45,47,50H,12,14,16,21-22,24-28,30-32H2,1-11H3,(H,58,67)/t35-,37+,40-,43?,45-,47-,50?,65?/m0/s1. The Bertz CT molecular complexity index is 2770. The van der Waals surface area contributed by atoms with Gasteiger partial charge in [0.05, 0.1) is 42.2 Å². The van der Waals surface area contributed by atoms with Gasteiger partial charge in [0, 0.05) is 106 Å². The third kappa shape index (κ3) is 10.5. The van der Waals surface area contributed by atoms with Crippen molar-refractivity contribution in [2.24, 2.45) is 17.3 Å². The second-order valence-electron chi connectivity index (χ2n) is 22.7. The number of pyridine rings is 1. The lowest BCUT2D eigenvalue weighted by Gasteiger charge is -2.42. The van der Waals surface area contributed by atoms with Crippen molar-refractivity contribution in [2.45, 2.75) is 133 Å². The SMILES string of the molecule is CCn1c2c3c4cc(ccc41)N1CCO[C@@H](C[C@H](SNC(=O)[C@H](C(C)C)N(C)C(=O)C4(F)CCN(C(=O)C#CC(C)(C)N(C)C)CC4)C(=O)N4CCC[C@@H](C(=O)OCC(C)(C)C3[C@H](OC)c3ncccc3-2)C2SN24)C1. The molecule has 2 aromatic heterocycles. The monoisotopic (exact) mass is 1070 g/mol. The fourth-order valence-corrected chi connectivity index (χ4v) is 13.7. The summed E-state index contributed by atoms with van der Waals surface area (Å²) in [5, 5.41) is 1.63. The topological polar surface area (TPSA) is 162 Å². The number of ether oxygens (including phenoxy) is 3. The van der Waals surface area contributed by atoms with E-state index in [1.54, 1.807) is 26.0 Å². The van der Waals surface area contributed by atoms with Crippen LogP contribution in [0.2, 0.25) is 0 Å². The highest BCUT2D eigenvalue weighted by atomic mass is 32.2. The van der Waals surface area contributed by atoms with Gasteiger partial charge >= 0.3 is 5.97 Å². The first-order valence-corrected chi connectivity index (χ1v) is 28.2. The van der Waals surface area contributed by atoms with E-state index in [9.17, 15) is 19.2 Å². The van der Waals surface area contributed by atoms with Gasteiger partial charge in [0.15, 0.2) is 5.67 Å². The summed E-state index contributed by atoms with van der Waals surface area (Å²) >= 11 is 2.41. The molecule has 3 aromatic rings.